The van der Waals surface area contributed by atoms with Gasteiger partial charge >= 0.3 is 0 Å². The molecule has 6 nitrogen and oxygen atoms in total. The normalized spacial score (nSPS) is 10.8. The molecule has 2 aromatic heterocycles. The molecular formula is C17H17FN4O2S. The number of aromatic nitrogens is 3. The van der Waals surface area contributed by atoms with Crippen molar-refractivity contribution in [3.63, 3.8) is 0 Å². The van der Waals surface area contributed by atoms with Gasteiger partial charge in [0.25, 0.3) is 0 Å². The fourth-order valence-electron chi connectivity index (χ4n) is 2.31. The van der Waals surface area contributed by atoms with E-state index < -0.39 is 5.82 Å². The van der Waals surface area contributed by atoms with Crippen LogP contribution in [0.5, 0.6) is 0 Å². The standard InChI is InChI=1S/C17H17FN4O2S/c1-3-22-16(14-5-4-8-24-14)20-21-17(22)25-10-15(23)19-13-7-6-11(2)9-12(13)18/h4-9H,3,10H2,1-2H3,(H,19,23). The lowest BCUT2D eigenvalue weighted by atomic mass is 10.2. The predicted molar refractivity (Wildman–Crippen MR) is 93.9 cm³/mol. The van der Waals surface area contributed by atoms with Gasteiger partial charge in [-0.1, -0.05) is 17.8 Å². The van der Waals surface area contributed by atoms with Crippen LogP contribution in [0.15, 0.2) is 46.2 Å². The summed E-state index contributed by atoms with van der Waals surface area (Å²) in [6, 6.07) is 8.26. The Hall–Kier alpha value is -2.61. The van der Waals surface area contributed by atoms with Crippen LogP contribution in [0.3, 0.4) is 0 Å². The third kappa shape index (κ3) is 3.90. The lowest BCUT2D eigenvalue weighted by Gasteiger charge is -2.08. The molecule has 0 aliphatic heterocycles. The molecule has 1 N–H and O–H groups in total. The van der Waals surface area contributed by atoms with Crippen molar-refractivity contribution in [3.8, 4) is 11.6 Å². The number of rotatable bonds is 6. The summed E-state index contributed by atoms with van der Waals surface area (Å²) in [5.74, 6) is 0.573. The minimum Gasteiger partial charge on any atom is -0.461 e. The van der Waals surface area contributed by atoms with E-state index in [-0.39, 0.29) is 17.3 Å². The molecule has 1 aromatic carbocycles. The van der Waals surface area contributed by atoms with E-state index in [0.717, 1.165) is 5.56 Å². The summed E-state index contributed by atoms with van der Waals surface area (Å²) < 4.78 is 21.0. The summed E-state index contributed by atoms with van der Waals surface area (Å²) in [6.07, 6.45) is 1.57. The van der Waals surface area contributed by atoms with E-state index in [9.17, 15) is 9.18 Å². The molecule has 3 aromatic rings. The van der Waals surface area contributed by atoms with E-state index >= 15 is 0 Å². The van der Waals surface area contributed by atoms with Gasteiger partial charge in [0.05, 0.1) is 17.7 Å². The van der Waals surface area contributed by atoms with Crippen LogP contribution >= 0.6 is 11.8 Å². The number of amides is 1. The van der Waals surface area contributed by atoms with Crippen LogP contribution in [0, 0.1) is 12.7 Å². The number of thioether (sulfide) groups is 1. The van der Waals surface area contributed by atoms with Crippen LogP contribution in [-0.2, 0) is 11.3 Å². The first kappa shape index (κ1) is 17.2. The maximum Gasteiger partial charge on any atom is 0.234 e. The Kier molecular flexibility index (Phi) is 5.18. The molecule has 3 rings (SSSR count). The van der Waals surface area contributed by atoms with Crippen molar-refractivity contribution in [1.82, 2.24) is 14.8 Å². The fraction of sp³-hybridized carbons (Fsp3) is 0.235. The van der Waals surface area contributed by atoms with Crippen molar-refractivity contribution in [3.05, 3.63) is 48.0 Å². The highest BCUT2D eigenvalue weighted by atomic mass is 32.2. The summed E-state index contributed by atoms with van der Waals surface area (Å²) in [5.41, 5.74) is 0.968. The summed E-state index contributed by atoms with van der Waals surface area (Å²) in [4.78, 5) is 12.1. The zero-order valence-electron chi connectivity index (χ0n) is 13.8. The number of furan rings is 1. The van der Waals surface area contributed by atoms with Crippen LogP contribution in [0.4, 0.5) is 10.1 Å². The van der Waals surface area contributed by atoms with Crippen molar-refractivity contribution in [2.24, 2.45) is 0 Å². The lowest BCUT2D eigenvalue weighted by molar-refractivity contribution is -0.113. The molecule has 0 bridgehead atoms. The van der Waals surface area contributed by atoms with Crippen molar-refractivity contribution in [2.75, 3.05) is 11.1 Å². The number of anilines is 1. The second-order valence-electron chi connectivity index (χ2n) is 5.35. The minimum atomic E-state index is -0.449. The summed E-state index contributed by atoms with van der Waals surface area (Å²) in [6.45, 7) is 4.39. The van der Waals surface area contributed by atoms with E-state index in [0.29, 0.717) is 23.3 Å². The van der Waals surface area contributed by atoms with Gasteiger partial charge in [-0.2, -0.15) is 0 Å². The average molecular weight is 360 g/mol. The van der Waals surface area contributed by atoms with E-state index in [1.54, 1.807) is 37.5 Å². The number of nitrogens with zero attached hydrogens (tertiary/aromatic N) is 3. The summed E-state index contributed by atoms with van der Waals surface area (Å²) in [7, 11) is 0. The van der Waals surface area contributed by atoms with Gasteiger partial charge in [-0.05, 0) is 43.7 Å². The molecule has 0 spiro atoms. The Morgan fingerprint density at radius 1 is 1.36 bits per heavy atom. The monoisotopic (exact) mass is 360 g/mol. The van der Waals surface area contributed by atoms with Crippen LogP contribution < -0.4 is 5.32 Å². The molecule has 0 saturated heterocycles. The number of hydrogen-bond acceptors (Lipinski definition) is 5. The van der Waals surface area contributed by atoms with Gasteiger partial charge in [0.2, 0.25) is 5.91 Å². The summed E-state index contributed by atoms with van der Waals surface area (Å²) in [5, 5.41) is 11.4. The van der Waals surface area contributed by atoms with Gasteiger partial charge in [-0.3, -0.25) is 9.36 Å². The molecule has 8 heteroatoms. The van der Waals surface area contributed by atoms with Crippen LogP contribution in [-0.4, -0.2) is 26.4 Å². The molecule has 0 saturated carbocycles. The van der Waals surface area contributed by atoms with Crippen LogP contribution in [0.1, 0.15) is 12.5 Å². The molecule has 2 heterocycles. The van der Waals surface area contributed by atoms with Gasteiger partial charge in [0, 0.05) is 6.54 Å². The third-order valence-corrected chi connectivity index (χ3v) is 4.47. The number of nitrogens with one attached hydrogen (secondary N) is 1. The third-order valence-electron chi connectivity index (χ3n) is 3.51. The maximum atomic E-state index is 13.8. The van der Waals surface area contributed by atoms with Gasteiger partial charge in [0.1, 0.15) is 5.82 Å². The number of aryl methyl sites for hydroxylation is 1. The maximum absolute atomic E-state index is 13.8. The highest BCUT2D eigenvalue weighted by molar-refractivity contribution is 7.99. The van der Waals surface area contributed by atoms with Crippen molar-refractivity contribution >= 4 is 23.4 Å². The number of carbonyl (C=O) groups is 1. The zero-order chi connectivity index (χ0) is 17.8. The molecule has 0 unspecified atom stereocenters. The smallest absolute Gasteiger partial charge is 0.234 e. The second kappa shape index (κ2) is 7.52. The Balaban J connectivity index is 1.66. The lowest BCUT2D eigenvalue weighted by Crippen LogP contribution is -2.15. The molecule has 25 heavy (non-hydrogen) atoms. The first-order valence-corrected chi connectivity index (χ1v) is 8.73. The van der Waals surface area contributed by atoms with E-state index in [4.69, 9.17) is 4.42 Å². The predicted octanol–water partition coefficient (Wildman–Crippen LogP) is 3.74. The number of benzene rings is 1. The van der Waals surface area contributed by atoms with Gasteiger partial charge < -0.3 is 9.73 Å². The first-order valence-electron chi connectivity index (χ1n) is 7.74. The van der Waals surface area contributed by atoms with E-state index in [1.807, 2.05) is 11.5 Å². The largest absolute Gasteiger partial charge is 0.461 e. The molecule has 0 fully saturated rings. The Morgan fingerprint density at radius 2 is 2.20 bits per heavy atom. The first-order chi connectivity index (χ1) is 12.1. The van der Waals surface area contributed by atoms with Crippen molar-refractivity contribution in [2.45, 2.75) is 25.5 Å². The van der Waals surface area contributed by atoms with E-state index in [2.05, 4.69) is 15.5 Å². The number of halogens is 1. The van der Waals surface area contributed by atoms with Crippen LogP contribution in [0.25, 0.3) is 11.6 Å². The Bertz CT molecular complexity index is 877. The second-order valence-corrected chi connectivity index (χ2v) is 6.29. The quantitative estimate of drug-likeness (QED) is 0.678. The molecular weight excluding hydrogens is 343 g/mol. The molecule has 0 radical (unpaired) electrons. The SMILES string of the molecule is CCn1c(SCC(=O)Nc2ccc(C)cc2F)nnc1-c1ccco1. The highest BCUT2D eigenvalue weighted by Gasteiger charge is 2.16. The topological polar surface area (TPSA) is 73.0 Å². The summed E-state index contributed by atoms with van der Waals surface area (Å²) >= 11 is 1.24. The fourth-order valence-corrected chi connectivity index (χ4v) is 3.11. The van der Waals surface area contributed by atoms with Gasteiger partial charge in [0.15, 0.2) is 16.7 Å². The minimum absolute atomic E-state index is 0.101. The highest BCUT2D eigenvalue weighted by Crippen LogP contribution is 2.24. The Morgan fingerprint density at radius 3 is 2.88 bits per heavy atom. The van der Waals surface area contributed by atoms with Gasteiger partial charge in [-0.15, -0.1) is 10.2 Å². The number of hydrogen-bond donors (Lipinski definition) is 1. The molecule has 0 atom stereocenters. The molecule has 130 valence electrons. The molecule has 0 aliphatic rings. The van der Waals surface area contributed by atoms with Crippen molar-refractivity contribution in [1.29, 1.82) is 0 Å². The van der Waals surface area contributed by atoms with Crippen LogP contribution in [0.2, 0.25) is 0 Å². The zero-order valence-corrected chi connectivity index (χ0v) is 14.6. The van der Waals surface area contributed by atoms with E-state index in [1.165, 1.54) is 17.8 Å². The molecule has 1 amide bonds. The van der Waals surface area contributed by atoms with Crippen molar-refractivity contribution < 1.29 is 13.6 Å². The average Bonchev–Trinajstić information content (AvgIpc) is 3.24. The van der Waals surface area contributed by atoms with Gasteiger partial charge in [-0.25, -0.2) is 4.39 Å². The molecule has 0 aliphatic carbocycles. The Labute approximate surface area is 148 Å². The number of carbonyl (C=O) groups excluding carboxylic acids is 1.